The van der Waals surface area contributed by atoms with Gasteiger partial charge < -0.3 is 5.32 Å². The van der Waals surface area contributed by atoms with Crippen molar-refractivity contribution < 1.29 is 4.79 Å². The van der Waals surface area contributed by atoms with E-state index in [1.807, 2.05) is 12.1 Å². The maximum absolute atomic E-state index is 11.7. The first-order chi connectivity index (χ1) is 8.25. The van der Waals surface area contributed by atoms with Gasteiger partial charge >= 0.3 is 0 Å². The molecule has 2 rings (SSSR count). The molecule has 0 saturated heterocycles. The number of carbonyl (C=O) groups is 1. The molecule has 0 aromatic carbocycles. The van der Waals surface area contributed by atoms with Gasteiger partial charge in [0.25, 0.3) is 5.91 Å². The Hall–Kier alpha value is -1.82. The smallest absolute Gasteiger partial charge is 0.271 e. The molecule has 0 aliphatic carbocycles. The third-order valence-corrected chi connectivity index (χ3v) is 2.44. The summed E-state index contributed by atoms with van der Waals surface area (Å²) in [5.41, 5.74) is 1.23. The Balaban J connectivity index is 1.96. The molecule has 86 valence electrons. The molecule has 0 bridgehead atoms. The normalized spacial score (nSPS) is 9.94. The first-order valence-corrected chi connectivity index (χ1v) is 5.69. The van der Waals surface area contributed by atoms with Crippen LogP contribution in [0, 0.1) is 0 Å². The molecule has 0 spiro atoms. The molecule has 1 amide bonds. The predicted octanol–water partition coefficient (Wildman–Crippen LogP) is 1.56. The lowest BCUT2D eigenvalue weighted by Gasteiger charge is -2.03. The maximum Gasteiger partial charge on any atom is 0.271 e. The number of hydrogen-bond donors (Lipinski definition) is 1. The third-order valence-electron chi connectivity index (χ3n) is 2.03. The van der Waals surface area contributed by atoms with Crippen LogP contribution in [0.4, 0.5) is 0 Å². The molecule has 17 heavy (non-hydrogen) atoms. The van der Waals surface area contributed by atoms with E-state index < -0.39 is 0 Å². The largest absolute Gasteiger partial charge is 0.347 e. The molecule has 2 heterocycles. The summed E-state index contributed by atoms with van der Waals surface area (Å²) in [5.74, 6) is -0.256. The minimum atomic E-state index is -0.256. The average Bonchev–Trinajstić information content (AvgIpc) is 2.38. The molecule has 2 aromatic rings. The lowest BCUT2D eigenvalue weighted by Crippen LogP contribution is -2.23. The summed E-state index contributed by atoms with van der Waals surface area (Å²) in [7, 11) is 0. The molecule has 0 fully saturated rings. The number of nitrogens with zero attached hydrogens (tertiary/aromatic N) is 3. The number of pyridine rings is 1. The van der Waals surface area contributed by atoms with Crippen LogP contribution < -0.4 is 5.32 Å². The van der Waals surface area contributed by atoms with Crippen molar-refractivity contribution in [3.63, 3.8) is 0 Å². The Morgan fingerprint density at radius 1 is 1.29 bits per heavy atom. The van der Waals surface area contributed by atoms with Crippen LogP contribution in [-0.4, -0.2) is 20.9 Å². The Bertz CT molecular complexity index is 501. The monoisotopic (exact) mass is 292 g/mol. The Morgan fingerprint density at radius 3 is 2.82 bits per heavy atom. The number of carbonyl (C=O) groups excluding carboxylic acids is 1. The number of nitrogens with one attached hydrogen (secondary N) is 1. The number of rotatable bonds is 3. The zero-order valence-electron chi connectivity index (χ0n) is 8.80. The molecule has 0 atom stereocenters. The van der Waals surface area contributed by atoms with E-state index in [2.05, 4.69) is 36.2 Å². The van der Waals surface area contributed by atoms with Crippen LogP contribution in [0.3, 0.4) is 0 Å². The van der Waals surface area contributed by atoms with Crippen molar-refractivity contribution >= 4 is 21.8 Å². The molecule has 0 saturated carbocycles. The molecular formula is C11H9BrN4O. The van der Waals surface area contributed by atoms with E-state index in [4.69, 9.17) is 0 Å². The van der Waals surface area contributed by atoms with Crippen LogP contribution in [0.25, 0.3) is 0 Å². The van der Waals surface area contributed by atoms with Crippen LogP contribution in [0.2, 0.25) is 0 Å². The second kappa shape index (κ2) is 5.49. The Morgan fingerprint density at radius 2 is 2.18 bits per heavy atom. The molecule has 0 radical (unpaired) electrons. The summed E-state index contributed by atoms with van der Waals surface area (Å²) in [6, 6.07) is 3.71. The topological polar surface area (TPSA) is 67.8 Å². The van der Waals surface area contributed by atoms with Gasteiger partial charge in [0.05, 0.1) is 12.4 Å². The van der Waals surface area contributed by atoms with Crippen molar-refractivity contribution in [2.75, 3.05) is 0 Å². The van der Waals surface area contributed by atoms with Gasteiger partial charge in [-0.1, -0.05) is 6.07 Å². The highest BCUT2D eigenvalue weighted by Crippen LogP contribution is 2.03. The van der Waals surface area contributed by atoms with Crippen LogP contribution in [0.5, 0.6) is 0 Å². The van der Waals surface area contributed by atoms with Crippen molar-refractivity contribution in [1.82, 2.24) is 20.3 Å². The van der Waals surface area contributed by atoms with Gasteiger partial charge in [-0.2, -0.15) is 0 Å². The molecule has 0 aliphatic heterocycles. The van der Waals surface area contributed by atoms with Gasteiger partial charge in [-0.15, -0.1) is 0 Å². The number of aromatic nitrogens is 3. The number of hydrogen-bond acceptors (Lipinski definition) is 4. The maximum atomic E-state index is 11.7. The highest BCUT2D eigenvalue weighted by Gasteiger charge is 2.06. The van der Waals surface area contributed by atoms with Crippen LogP contribution in [-0.2, 0) is 6.54 Å². The fraction of sp³-hybridized carbons (Fsp3) is 0.0909. The van der Waals surface area contributed by atoms with Gasteiger partial charge in [-0.25, -0.2) is 9.97 Å². The van der Waals surface area contributed by atoms with Crippen molar-refractivity contribution in [3.05, 3.63) is 52.8 Å². The minimum absolute atomic E-state index is 0.256. The number of halogens is 1. The van der Waals surface area contributed by atoms with Crippen molar-refractivity contribution in [2.45, 2.75) is 6.54 Å². The van der Waals surface area contributed by atoms with Crippen molar-refractivity contribution in [3.8, 4) is 0 Å². The van der Waals surface area contributed by atoms with E-state index in [1.165, 1.54) is 12.4 Å². The van der Waals surface area contributed by atoms with Crippen molar-refractivity contribution in [1.29, 1.82) is 0 Å². The van der Waals surface area contributed by atoms with E-state index >= 15 is 0 Å². The zero-order chi connectivity index (χ0) is 12.1. The van der Waals surface area contributed by atoms with Crippen LogP contribution in [0.15, 0.2) is 41.5 Å². The summed E-state index contributed by atoms with van der Waals surface area (Å²) in [4.78, 5) is 23.5. The fourth-order valence-corrected chi connectivity index (χ4v) is 1.41. The molecule has 6 heteroatoms. The molecule has 0 aliphatic rings. The quantitative estimate of drug-likeness (QED) is 0.932. The van der Waals surface area contributed by atoms with E-state index in [0.717, 1.165) is 5.56 Å². The van der Waals surface area contributed by atoms with Crippen LogP contribution >= 0.6 is 15.9 Å². The Labute approximate surface area is 106 Å². The minimum Gasteiger partial charge on any atom is -0.347 e. The summed E-state index contributed by atoms with van der Waals surface area (Å²) in [6.45, 7) is 0.421. The van der Waals surface area contributed by atoms with Gasteiger partial charge in [-0.3, -0.25) is 9.78 Å². The van der Waals surface area contributed by atoms with Gasteiger partial charge in [-0.05, 0) is 27.6 Å². The summed E-state index contributed by atoms with van der Waals surface area (Å²) >= 11 is 3.16. The van der Waals surface area contributed by atoms with Crippen molar-refractivity contribution in [2.24, 2.45) is 0 Å². The molecular weight excluding hydrogens is 284 g/mol. The standard InChI is InChI=1S/C11H9BrN4O/c12-10-7-14-9(6-15-10)11(17)16-5-8-2-1-3-13-4-8/h1-4,6-7H,5H2,(H,16,17). The van der Waals surface area contributed by atoms with Gasteiger partial charge in [0.15, 0.2) is 0 Å². The highest BCUT2D eigenvalue weighted by molar-refractivity contribution is 9.10. The van der Waals surface area contributed by atoms with Gasteiger partial charge in [0.2, 0.25) is 0 Å². The van der Waals surface area contributed by atoms with Gasteiger partial charge in [0.1, 0.15) is 10.3 Å². The molecule has 0 unspecified atom stereocenters. The second-order valence-electron chi connectivity index (χ2n) is 3.27. The van der Waals surface area contributed by atoms with E-state index in [9.17, 15) is 4.79 Å². The average molecular weight is 293 g/mol. The first kappa shape index (κ1) is 11.7. The third kappa shape index (κ3) is 3.32. The zero-order valence-corrected chi connectivity index (χ0v) is 10.4. The van der Waals surface area contributed by atoms with E-state index in [-0.39, 0.29) is 11.6 Å². The second-order valence-corrected chi connectivity index (χ2v) is 4.08. The molecule has 1 N–H and O–H groups in total. The first-order valence-electron chi connectivity index (χ1n) is 4.90. The lowest BCUT2D eigenvalue weighted by molar-refractivity contribution is 0.0945. The SMILES string of the molecule is O=C(NCc1cccnc1)c1cnc(Br)cn1. The highest BCUT2D eigenvalue weighted by atomic mass is 79.9. The predicted molar refractivity (Wildman–Crippen MR) is 65.1 cm³/mol. The number of amides is 1. The Kier molecular flexibility index (Phi) is 3.77. The van der Waals surface area contributed by atoms with E-state index in [1.54, 1.807) is 12.4 Å². The summed E-state index contributed by atoms with van der Waals surface area (Å²) in [6.07, 6.45) is 6.29. The van der Waals surface area contributed by atoms with Crippen LogP contribution in [0.1, 0.15) is 16.1 Å². The fourth-order valence-electron chi connectivity index (χ4n) is 1.21. The van der Waals surface area contributed by atoms with Gasteiger partial charge in [0, 0.05) is 18.9 Å². The lowest BCUT2D eigenvalue weighted by atomic mass is 10.3. The summed E-state index contributed by atoms with van der Waals surface area (Å²) < 4.78 is 0.598. The molecule has 5 nitrogen and oxygen atoms in total. The summed E-state index contributed by atoms with van der Waals surface area (Å²) in [5, 5.41) is 2.74. The molecule has 2 aromatic heterocycles. The van der Waals surface area contributed by atoms with E-state index in [0.29, 0.717) is 11.1 Å².